The normalized spacial score (nSPS) is 12.7. The molecule has 3 N–H and O–H groups in total. The number of carbonyl (C=O) groups excluding carboxylic acids is 2. The fourth-order valence-corrected chi connectivity index (χ4v) is 9.16. The molecular formula is C60H115NO5. The largest absolute Gasteiger partial charge is 0.466 e. The highest BCUT2D eigenvalue weighted by atomic mass is 16.5. The van der Waals surface area contributed by atoms with Gasteiger partial charge in [0.25, 0.3) is 0 Å². The summed E-state index contributed by atoms with van der Waals surface area (Å²) in [6.45, 7) is 4.90. The van der Waals surface area contributed by atoms with Gasteiger partial charge in [-0.1, -0.05) is 276 Å². The molecule has 0 aliphatic rings. The fraction of sp³-hybridized carbons (Fsp3) is 0.900. The van der Waals surface area contributed by atoms with Gasteiger partial charge in [0.1, 0.15) is 0 Å². The summed E-state index contributed by atoms with van der Waals surface area (Å²) < 4.78 is 5.49. The number of hydrogen-bond donors (Lipinski definition) is 3. The fourth-order valence-electron chi connectivity index (χ4n) is 9.16. The van der Waals surface area contributed by atoms with Crippen molar-refractivity contribution in [2.45, 2.75) is 334 Å². The molecule has 0 saturated heterocycles. The quantitative estimate of drug-likeness (QED) is 0.0321. The number of unbranched alkanes of at least 4 members (excludes halogenated alkanes) is 42. The zero-order chi connectivity index (χ0) is 47.9. The van der Waals surface area contributed by atoms with E-state index in [2.05, 4.69) is 31.3 Å². The summed E-state index contributed by atoms with van der Waals surface area (Å²) in [5, 5.41) is 23.1. The highest BCUT2D eigenvalue weighted by Crippen LogP contribution is 2.17. The molecule has 0 aromatic rings. The average molecular weight is 931 g/mol. The van der Waals surface area contributed by atoms with Gasteiger partial charge in [-0.25, -0.2) is 0 Å². The summed E-state index contributed by atoms with van der Waals surface area (Å²) in [6, 6.07) is -0.634. The van der Waals surface area contributed by atoms with E-state index in [1.54, 1.807) is 6.08 Å². The molecule has 0 bridgehead atoms. The van der Waals surface area contributed by atoms with Gasteiger partial charge in [-0.05, 0) is 57.8 Å². The molecule has 0 aliphatic heterocycles. The van der Waals surface area contributed by atoms with Crippen LogP contribution in [0.5, 0.6) is 0 Å². The molecule has 2 atom stereocenters. The second-order valence-corrected chi connectivity index (χ2v) is 20.3. The van der Waals surface area contributed by atoms with Gasteiger partial charge in [0, 0.05) is 12.8 Å². The van der Waals surface area contributed by atoms with Crippen LogP contribution >= 0.6 is 0 Å². The summed E-state index contributed by atoms with van der Waals surface area (Å²) in [6.07, 6.45) is 67.7. The minimum absolute atomic E-state index is 0.00301. The van der Waals surface area contributed by atoms with E-state index in [0.29, 0.717) is 19.4 Å². The number of aliphatic hydroxyl groups excluding tert-OH is 2. The Morgan fingerprint density at radius 3 is 1.08 bits per heavy atom. The molecule has 0 aromatic heterocycles. The third-order valence-corrected chi connectivity index (χ3v) is 13.7. The molecule has 0 heterocycles. The van der Waals surface area contributed by atoms with Gasteiger partial charge in [-0.15, -0.1) is 0 Å². The maximum atomic E-state index is 12.5. The lowest BCUT2D eigenvalue weighted by molar-refractivity contribution is -0.143. The molecule has 0 spiro atoms. The minimum atomic E-state index is -0.850. The maximum absolute atomic E-state index is 12.5. The predicted octanol–water partition coefficient (Wildman–Crippen LogP) is 18.2. The molecule has 1 amide bonds. The predicted molar refractivity (Wildman–Crippen MR) is 287 cm³/mol. The Kier molecular flexibility index (Phi) is 54.5. The zero-order valence-corrected chi connectivity index (χ0v) is 44.4. The summed E-state index contributed by atoms with van der Waals surface area (Å²) in [7, 11) is 0. The Labute approximate surface area is 411 Å². The highest BCUT2D eigenvalue weighted by Gasteiger charge is 2.18. The van der Waals surface area contributed by atoms with Gasteiger partial charge in [0.15, 0.2) is 0 Å². The number of carbonyl (C=O) groups is 2. The number of hydrogen-bond acceptors (Lipinski definition) is 5. The SMILES string of the molecule is CCCCCCCCC/C=C\CCCCCCCCCC(=O)OCCCCCCCCCCCCCCCCCC(=O)NC(CO)C(O)/C=C/CCCCCCCCCCCCCCCC. The van der Waals surface area contributed by atoms with Crippen molar-refractivity contribution in [3.05, 3.63) is 24.3 Å². The number of aliphatic hydroxyl groups is 2. The van der Waals surface area contributed by atoms with E-state index >= 15 is 0 Å². The molecule has 6 nitrogen and oxygen atoms in total. The summed E-state index contributed by atoms with van der Waals surface area (Å²) in [5.41, 5.74) is 0. The van der Waals surface area contributed by atoms with Crippen LogP contribution in [0, 0.1) is 0 Å². The molecule has 0 radical (unpaired) electrons. The first-order valence-corrected chi connectivity index (χ1v) is 29.6. The smallest absolute Gasteiger partial charge is 0.305 e. The summed E-state index contributed by atoms with van der Waals surface area (Å²) >= 11 is 0. The van der Waals surface area contributed by atoms with Crippen LogP contribution in [0.3, 0.4) is 0 Å². The first kappa shape index (κ1) is 64.3. The first-order valence-electron chi connectivity index (χ1n) is 29.6. The Morgan fingerprint density at radius 2 is 0.712 bits per heavy atom. The first-order chi connectivity index (χ1) is 32.5. The van der Waals surface area contributed by atoms with Crippen molar-refractivity contribution in [3.8, 4) is 0 Å². The molecule has 0 fully saturated rings. The Bertz CT molecular complexity index is 1030. The van der Waals surface area contributed by atoms with Crippen LogP contribution in [-0.4, -0.2) is 47.4 Å². The molecule has 0 saturated carbocycles. The van der Waals surface area contributed by atoms with Crippen LogP contribution in [0.15, 0.2) is 24.3 Å². The topological polar surface area (TPSA) is 95.9 Å². The molecule has 0 aromatic carbocycles. The number of amides is 1. The van der Waals surface area contributed by atoms with E-state index in [4.69, 9.17) is 4.74 Å². The van der Waals surface area contributed by atoms with Crippen molar-refractivity contribution in [1.82, 2.24) is 5.32 Å². The monoisotopic (exact) mass is 930 g/mol. The van der Waals surface area contributed by atoms with E-state index < -0.39 is 12.1 Å². The molecule has 66 heavy (non-hydrogen) atoms. The molecule has 390 valence electrons. The van der Waals surface area contributed by atoms with Gasteiger partial charge in [0.2, 0.25) is 5.91 Å². The standard InChI is InChI=1S/C60H115NO5/c1-3-5-7-9-11-13-15-17-19-21-22-26-30-34-38-42-46-50-54-60(65)66-55-51-47-43-39-35-31-27-23-25-29-33-37-41-45-49-53-59(64)61-57(56-62)58(63)52-48-44-40-36-32-28-24-20-18-16-14-12-10-8-6-4-2/h19,21,48,52,57-58,62-63H,3-18,20,22-47,49-51,53-56H2,1-2H3,(H,61,64)/b21-19-,52-48+. The molecule has 2 unspecified atom stereocenters. The van der Waals surface area contributed by atoms with Crippen LogP contribution in [-0.2, 0) is 14.3 Å². The van der Waals surface area contributed by atoms with Crippen molar-refractivity contribution in [2.75, 3.05) is 13.2 Å². The van der Waals surface area contributed by atoms with Crippen molar-refractivity contribution in [3.63, 3.8) is 0 Å². The number of nitrogens with one attached hydrogen (secondary N) is 1. The summed E-state index contributed by atoms with van der Waals surface area (Å²) in [4.78, 5) is 24.5. The lowest BCUT2D eigenvalue weighted by atomic mass is 10.0. The number of allylic oxidation sites excluding steroid dienone is 3. The molecular weight excluding hydrogens is 815 g/mol. The van der Waals surface area contributed by atoms with E-state index in [-0.39, 0.29) is 18.5 Å². The van der Waals surface area contributed by atoms with Gasteiger partial charge in [-0.3, -0.25) is 9.59 Å². The molecule has 0 aliphatic carbocycles. The Morgan fingerprint density at radius 1 is 0.409 bits per heavy atom. The lowest BCUT2D eigenvalue weighted by Crippen LogP contribution is -2.45. The average Bonchev–Trinajstić information content (AvgIpc) is 3.32. The van der Waals surface area contributed by atoms with E-state index in [0.717, 1.165) is 51.4 Å². The van der Waals surface area contributed by atoms with Crippen LogP contribution < -0.4 is 5.32 Å². The lowest BCUT2D eigenvalue weighted by Gasteiger charge is -2.20. The van der Waals surface area contributed by atoms with Crippen molar-refractivity contribution in [2.24, 2.45) is 0 Å². The molecule has 6 heteroatoms. The van der Waals surface area contributed by atoms with E-state index in [1.165, 1.54) is 244 Å². The number of esters is 1. The van der Waals surface area contributed by atoms with Gasteiger partial charge < -0.3 is 20.3 Å². The summed E-state index contributed by atoms with van der Waals surface area (Å²) in [5.74, 6) is -0.0779. The van der Waals surface area contributed by atoms with Crippen LogP contribution in [0.2, 0.25) is 0 Å². The third kappa shape index (κ3) is 51.7. The Balaban J connectivity index is 3.44. The van der Waals surface area contributed by atoms with E-state index in [9.17, 15) is 19.8 Å². The molecule has 0 rings (SSSR count). The second kappa shape index (κ2) is 55.9. The highest BCUT2D eigenvalue weighted by molar-refractivity contribution is 5.76. The van der Waals surface area contributed by atoms with Crippen molar-refractivity contribution in [1.29, 1.82) is 0 Å². The number of rotatable bonds is 55. The van der Waals surface area contributed by atoms with Crippen molar-refractivity contribution >= 4 is 11.9 Å². The second-order valence-electron chi connectivity index (χ2n) is 20.3. The Hall–Kier alpha value is -1.66. The van der Waals surface area contributed by atoms with Gasteiger partial charge in [0.05, 0.1) is 25.4 Å². The zero-order valence-electron chi connectivity index (χ0n) is 44.4. The van der Waals surface area contributed by atoms with Crippen LogP contribution in [0.25, 0.3) is 0 Å². The van der Waals surface area contributed by atoms with Crippen LogP contribution in [0.4, 0.5) is 0 Å². The number of ether oxygens (including phenoxy) is 1. The minimum Gasteiger partial charge on any atom is -0.466 e. The maximum Gasteiger partial charge on any atom is 0.305 e. The van der Waals surface area contributed by atoms with E-state index in [1.807, 2.05) is 6.08 Å². The van der Waals surface area contributed by atoms with Gasteiger partial charge in [-0.2, -0.15) is 0 Å². The van der Waals surface area contributed by atoms with Crippen LogP contribution in [0.1, 0.15) is 322 Å². The third-order valence-electron chi connectivity index (χ3n) is 13.7. The van der Waals surface area contributed by atoms with Gasteiger partial charge >= 0.3 is 5.97 Å². The van der Waals surface area contributed by atoms with Crippen molar-refractivity contribution < 1.29 is 24.5 Å².